The van der Waals surface area contributed by atoms with E-state index in [4.69, 9.17) is 4.74 Å². The van der Waals surface area contributed by atoms with Crippen LogP contribution in [-0.2, 0) is 26.9 Å². The minimum absolute atomic E-state index is 0.0517. The number of piperidine rings is 1. The molecule has 2 heterocycles. The maximum Gasteiger partial charge on any atom is 0.433 e. The second-order valence-corrected chi connectivity index (χ2v) is 13.0. The van der Waals surface area contributed by atoms with Crippen LogP contribution in [0, 0.1) is 18.3 Å². The number of pyridine rings is 1. The number of ketones is 2. The number of hydrogen-bond acceptors (Lipinski definition) is 5. The highest BCUT2D eigenvalue weighted by atomic mass is 19.4. The van der Waals surface area contributed by atoms with Crippen LogP contribution in [-0.4, -0.2) is 45.2 Å². The predicted octanol–water partition coefficient (Wildman–Crippen LogP) is 7.41. The van der Waals surface area contributed by atoms with Crippen molar-refractivity contribution in [3.05, 3.63) is 40.7 Å². The summed E-state index contributed by atoms with van der Waals surface area (Å²) in [5.74, 6) is 0.0775. The van der Waals surface area contributed by atoms with Gasteiger partial charge >= 0.3 is 12.3 Å². The van der Waals surface area contributed by atoms with Crippen molar-refractivity contribution in [1.82, 2.24) is 9.88 Å². The number of amides is 1. The predicted molar refractivity (Wildman–Crippen MR) is 147 cm³/mol. The molecule has 0 spiro atoms. The minimum Gasteiger partial charge on any atom is -0.444 e. The molecule has 40 heavy (non-hydrogen) atoms. The summed E-state index contributed by atoms with van der Waals surface area (Å²) in [7, 11) is 0. The maximum absolute atomic E-state index is 13.5. The Morgan fingerprint density at radius 1 is 1.18 bits per heavy atom. The van der Waals surface area contributed by atoms with Crippen molar-refractivity contribution < 1.29 is 32.3 Å². The lowest BCUT2D eigenvalue weighted by atomic mass is 9.89. The highest BCUT2D eigenvalue weighted by molar-refractivity contribution is 5.90. The van der Waals surface area contributed by atoms with Gasteiger partial charge in [0.1, 0.15) is 17.1 Å². The van der Waals surface area contributed by atoms with Crippen LogP contribution in [0.25, 0.3) is 0 Å². The van der Waals surface area contributed by atoms with Crippen molar-refractivity contribution in [3.8, 4) is 0 Å². The number of hydrogen-bond donors (Lipinski definition) is 0. The van der Waals surface area contributed by atoms with Gasteiger partial charge in [-0.15, -0.1) is 0 Å². The quantitative estimate of drug-likeness (QED) is 0.262. The Bertz CT molecular complexity index is 1150. The molecule has 0 unspecified atom stereocenters. The van der Waals surface area contributed by atoms with Gasteiger partial charge in [-0.1, -0.05) is 24.6 Å². The number of allylic oxidation sites excluding steroid dienone is 2. The second-order valence-electron chi connectivity index (χ2n) is 13.0. The Hall–Kier alpha value is -2.71. The first kappa shape index (κ1) is 31.8. The van der Waals surface area contributed by atoms with E-state index in [1.54, 1.807) is 27.7 Å². The van der Waals surface area contributed by atoms with Crippen LogP contribution in [0.2, 0.25) is 0 Å². The Labute approximate surface area is 235 Å². The third-order valence-electron chi connectivity index (χ3n) is 7.92. The van der Waals surface area contributed by atoms with Crippen LogP contribution in [0.15, 0.2) is 23.8 Å². The molecule has 2 aliphatic rings. The molecule has 0 bridgehead atoms. The number of ether oxygens (including phenoxy) is 1. The van der Waals surface area contributed by atoms with Gasteiger partial charge in [0.15, 0.2) is 5.78 Å². The topological polar surface area (TPSA) is 76.6 Å². The second kappa shape index (κ2) is 12.0. The summed E-state index contributed by atoms with van der Waals surface area (Å²) >= 11 is 0. The standard InChI is InChI=1S/C31H43F3N2O4/c1-19(2)9-8-10-20(3)15-22(37)13-14-30-17-24(36(27(30)18-30)28(39)40-29(5,6)7)25(38)16-23-21(4)11-12-26(35-23)31(32,33)34/h9,11-12,20,24,27H,8,10,13-18H2,1-7H3/t20-,24+,27-,30+/m1/s1. The number of aryl methyl sites for hydroxylation is 1. The van der Waals surface area contributed by atoms with E-state index >= 15 is 0 Å². The van der Waals surface area contributed by atoms with Crippen molar-refractivity contribution in [2.45, 2.75) is 124 Å². The van der Waals surface area contributed by atoms with E-state index in [-0.39, 0.29) is 41.1 Å². The summed E-state index contributed by atoms with van der Waals surface area (Å²) in [6.45, 7) is 13.0. The van der Waals surface area contributed by atoms with E-state index < -0.39 is 29.6 Å². The van der Waals surface area contributed by atoms with Crippen molar-refractivity contribution in [1.29, 1.82) is 0 Å². The number of Topliss-reactive ketones (excluding diaryl/α,β-unsaturated/α-hetero) is 2. The lowest BCUT2D eigenvalue weighted by Gasteiger charge is -2.30. The molecule has 2 fully saturated rings. The fourth-order valence-corrected chi connectivity index (χ4v) is 5.68. The number of carbonyl (C=O) groups excluding carboxylic acids is 3. The molecule has 3 rings (SSSR count). The van der Waals surface area contributed by atoms with Gasteiger partial charge in [-0.25, -0.2) is 9.78 Å². The number of carbonyl (C=O) groups is 3. The summed E-state index contributed by atoms with van der Waals surface area (Å²) in [5, 5.41) is 0. The highest BCUT2D eigenvalue weighted by Gasteiger charge is 2.67. The molecule has 0 aromatic carbocycles. The lowest BCUT2D eigenvalue weighted by Crippen LogP contribution is -2.46. The van der Waals surface area contributed by atoms with E-state index in [1.807, 2.05) is 0 Å². The summed E-state index contributed by atoms with van der Waals surface area (Å²) in [6, 6.07) is 1.15. The number of alkyl halides is 3. The third-order valence-corrected chi connectivity index (χ3v) is 7.92. The van der Waals surface area contributed by atoms with Crippen LogP contribution < -0.4 is 0 Å². The zero-order valence-corrected chi connectivity index (χ0v) is 24.8. The first-order valence-electron chi connectivity index (χ1n) is 14.1. The molecule has 0 N–H and O–H groups in total. The van der Waals surface area contributed by atoms with E-state index in [0.717, 1.165) is 18.9 Å². The van der Waals surface area contributed by atoms with E-state index in [9.17, 15) is 27.6 Å². The molecule has 1 amide bonds. The normalized spacial score (nSPS) is 22.9. The zero-order valence-electron chi connectivity index (χ0n) is 24.8. The lowest BCUT2D eigenvalue weighted by molar-refractivity contribution is -0.141. The van der Waals surface area contributed by atoms with Crippen molar-refractivity contribution >= 4 is 17.7 Å². The smallest absolute Gasteiger partial charge is 0.433 e. The van der Waals surface area contributed by atoms with Crippen molar-refractivity contribution in [2.75, 3.05) is 0 Å². The number of nitrogens with zero attached hydrogens (tertiary/aromatic N) is 2. The first-order chi connectivity index (χ1) is 18.4. The molecule has 1 saturated carbocycles. The molecule has 1 aromatic rings. The Kier molecular flexibility index (Phi) is 9.57. The summed E-state index contributed by atoms with van der Waals surface area (Å²) < 4.78 is 45.4. The van der Waals surface area contributed by atoms with Crippen LogP contribution in [0.4, 0.5) is 18.0 Å². The molecular weight excluding hydrogens is 521 g/mol. The van der Waals surface area contributed by atoms with E-state index in [2.05, 4.69) is 31.8 Å². The largest absolute Gasteiger partial charge is 0.444 e. The Balaban J connectivity index is 1.72. The average molecular weight is 565 g/mol. The minimum atomic E-state index is -4.62. The molecular formula is C31H43F3N2O4. The average Bonchev–Trinajstić information content (AvgIpc) is 3.40. The van der Waals surface area contributed by atoms with E-state index in [1.165, 1.54) is 16.5 Å². The molecule has 1 aliphatic heterocycles. The SMILES string of the molecule is CC(C)=CCC[C@@H](C)CC(=O)CC[C@@]12C[C@@H](C(=O)Cc3nc(C(F)(F)F)ccc3C)N(C(=O)OC(C)(C)C)[C@@H]1C2. The summed E-state index contributed by atoms with van der Waals surface area (Å²) in [6.07, 6.45) is 1.01. The fourth-order valence-electron chi connectivity index (χ4n) is 5.68. The van der Waals surface area contributed by atoms with Crippen LogP contribution >= 0.6 is 0 Å². The number of rotatable bonds is 11. The Morgan fingerprint density at radius 2 is 1.85 bits per heavy atom. The number of fused-ring (bicyclic) bond motifs is 1. The number of aromatic nitrogens is 1. The fraction of sp³-hybridized carbons (Fsp3) is 0.677. The number of likely N-dealkylation sites (tertiary alicyclic amines) is 1. The molecule has 222 valence electrons. The number of halogens is 3. The van der Waals surface area contributed by atoms with Gasteiger partial charge < -0.3 is 4.74 Å². The first-order valence-corrected chi connectivity index (χ1v) is 14.1. The molecule has 6 nitrogen and oxygen atoms in total. The molecule has 1 aliphatic carbocycles. The zero-order chi connectivity index (χ0) is 30.0. The summed E-state index contributed by atoms with van der Waals surface area (Å²) in [4.78, 5) is 44.7. The molecule has 1 aromatic heterocycles. The molecule has 4 atom stereocenters. The van der Waals surface area contributed by atoms with E-state index in [0.29, 0.717) is 37.7 Å². The summed E-state index contributed by atoms with van der Waals surface area (Å²) in [5.41, 5.74) is -0.389. The van der Waals surface area contributed by atoms with Gasteiger partial charge in [-0.2, -0.15) is 13.2 Å². The highest BCUT2D eigenvalue weighted by Crippen LogP contribution is 2.62. The van der Waals surface area contributed by atoms with Crippen LogP contribution in [0.5, 0.6) is 0 Å². The molecule has 1 saturated heterocycles. The molecule has 9 heteroatoms. The van der Waals surface area contributed by atoms with Gasteiger partial charge in [-0.3, -0.25) is 14.5 Å². The molecule has 0 radical (unpaired) electrons. The van der Waals surface area contributed by atoms with Gasteiger partial charge in [0.05, 0.1) is 18.2 Å². The van der Waals surface area contributed by atoms with Crippen LogP contribution in [0.3, 0.4) is 0 Å². The van der Waals surface area contributed by atoms with Gasteiger partial charge in [-0.05, 0) is 96.6 Å². The maximum atomic E-state index is 13.5. The van der Waals surface area contributed by atoms with Crippen LogP contribution in [0.1, 0.15) is 103 Å². The van der Waals surface area contributed by atoms with Gasteiger partial charge in [0.2, 0.25) is 0 Å². The monoisotopic (exact) mass is 564 g/mol. The third kappa shape index (κ3) is 8.16. The van der Waals surface area contributed by atoms with Gasteiger partial charge in [0, 0.05) is 18.9 Å². The van der Waals surface area contributed by atoms with Crippen molar-refractivity contribution in [2.24, 2.45) is 11.3 Å². The Morgan fingerprint density at radius 3 is 2.45 bits per heavy atom. The van der Waals surface area contributed by atoms with Gasteiger partial charge in [0.25, 0.3) is 0 Å². The van der Waals surface area contributed by atoms with Crippen molar-refractivity contribution in [3.63, 3.8) is 0 Å².